The van der Waals surface area contributed by atoms with Gasteiger partial charge in [0.15, 0.2) is 5.76 Å². The number of likely N-dealkylation sites (tertiary alicyclic amines) is 1. The van der Waals surface area contributed by atoms with Gasteiger partial charge in [0.2, 0.25) is 5.91 Å². The Balaban J connectivity index is 1.32. The summed E-state index contributed by atoms with van der Waals surface area (Å²) >= 11 is 6.05. The van der Waals surface area contributed by atoms with Gasteiger partial charge in [0.1, 0.15) is 11.8 Å². The second-order valence-electron chi connectivity index (χ2n) is 9.11. The molecule has 2 atom stereocenters. The maximum absolute atomic E-state index is 13.5. The minimum absolute atomic E-state index is 0.00908. The summed E-state index contributed by atoms with van der Waals surface area (Å²) < 4.78 is 17.1. The van der Waals surface area contributed by atoms with Crippen LogP contribution in [0.5, 0.6) is 0 Å². The van der Waals surface area contributed by atoms with Gasteiger partial charge in [0, 0.05) is 49.7 Å². The molecule has 9 nitrogen and oxygen atoms in total. The summed E-state index contributed by atoms with van der Waals surface area (Å²) in [6.07, 6.45) is 4.05. The van der Waals surface area contributed by atoms with Crippen LogP contribution in [-0.4, -0.2) is 78.2 Å². The lowest BCUT2D eigenvalue weighted by Crippen LogP contribution is -2.60. The number of nitrogens with zero attached hydrogens (tertiary/aromatic N) is 2. The molecule has 5 rings (SSSR count). The van der Waals surface area contributed by atoms with Gasteiger partial charge in [-0.05, 0) is 43.2 Å². The first kappa shape index (κ1) is 23.8. The van der Waals surface area contributed by atoms with Gasteiger partial charge in [-0.3, -0.25) is 19.3 Å². The molecule has 3 aliphatic rings. The van der Waals surface area contributed by atoms with E-state index in [1.165, 1.54) is 11.2 Å². The van der Waals surface area contributed by atoms with E-state index in [4.69, 9.17) is 25.5 Å². The lowest BCUT2D eigenvalue weighted by molar-refractivity contribution is -0.128. The Morgan fingerprint density at radius 3 is 2.63 bits per heavy atom. The van der Waals surface area contributed by atoms with E-state index in [-0.39, 0.29) is 30.3 Å². The molecule has 0 aliphatic carbocycles. The van der Waals surface area contributed by atoms with Crippen molar-refractivity contribution in [2.24, 2.45) is 0 Å². The number of halogens is 1. The van der Waals surface area contributed by atoms with E-state index in [1.54, 1.807) is 41.3 Å². The molecule has 1 spiro atoms. The number of nitrogens with one attached hydrogen (secondary N) is 1. The van der Waals surface area contributed by atoms with Gasteiger partial charge in [0.05, 0.1) is 19.0 Å². The number of benzene rings is 1. The van der Waals surface area contributed by atoms with Crippen LogP contribution in [-0.2, 0) is 14.3 Å². The summed E-state index contributed by atoms with van der Waals surface area (Å²) in [5, 5.41) is 3.42. The summed E-state index contributed by atoms with van der Waals surface area (Å²) in [6, 6.07) is 9.24. The van der Waals surface area contributed by atoms with Crippen molar-refractivity contribution in [3.63, 3.8) is 0 Å². The van der Waals surface area contributed by atoms with Crippen LogP contribution in [0.3, 0.4) is 0 Å². The second kappa shape index (κ2) is 10.0. The van der Waals surface area contributed by atoms with Crippen LogP contribution in [0.15, 0.2) is 47.1 Å². The summed E-state index contributed by atoms with van der Waals surface area (Å²) in [5.74, 6) is -0.673. The van der Waals surface area contributed by atoms with E-state index in [0.29, 0.717) is 49.7 Å². The largest absolute Gasteiger partial charge is 0.459 e. The SMILES string of the molecule is O=C(NC[C@@H]1CCCO1)[C@H]1COC2(CCN(C(=O)c3cccc(Cl)c3)CC2)N1C(=O)c1ccco1. The smallest absolute Gasteiger partial charge is 0.292 e. The average Bonchev–Trinajstić information content (AvgIpc) is 3.64. The molecule has 1 aromatic heterocycles. The molecule has 35 heavy (non-hydrogen) atoms. The minimum atomic E-state index is -0.999. The third-order valence-corrected chi connectivity index (χ3v) is 7.18. The minimum Gasteiger partial charge on any atom is -0.459 e. The Kier molecular flexibility index (Phi) is 6.82. The molecule has 0 bridgehead atoms. The van der Waals surface area contributed by atoms with Crippen LogP contribution < -0.4 is 5.32 Å². The van der Waals surface area contributed by atoms with Crippen molar-refractivity contribution in [1.82, 2.24) is 15.1 Å². The number of furan rings is 1. The third kappa shape index (κ3) is 4.80. The topological polar surface area (TPSA) is 101 Å². The second-order valence-corrected chi connectivity index (χ2v) is 9.54. The molecule has 2 aromatic rings. The van der Waals surface area contributed by atoms with Crippen molar-refractivity contribution in [2.75, 3.05) is 32.8 Å². The molecule has 0 radical (unpaired) electrons. The predicted octanol–water partition coefficient (Wildman–Crippen LogP) is 2.70. The highest BCUT2D eigenvalue weighted by Crippen LogP contribution is 2.39. The number of hydrogen-bond donors (Lipinski definition) is 1. The summed E-state index contributed by atoms with van der Waals surface area (Å²) in [5.41, 5.74) is -0.489. The molecule has 4 heterocycles. The zero-order chi connectivity index (χ0) is 24.4. The van der Waals surface area contributed by atoms with Crippen molar-refractivity contribution in [3.05, 3.63) is 59.0 Å². The highest BCUT2D eigenvalue weighted by molar-refractivity contribution is 6.30. The van der Waals surface area contributed by atoms with E-state index in [0.717, 1.165) is 12.8 Å². The molecule has 3 saturated heterocycles. The molecular formula is C25H28ClN3O6. The number of amides is 3. The van der Waals surface area contributed by atoms with Crippen LogP contribution in [0.2, 0.25) is 5.02 Å². The van der Waals surface area contributed by atoms with Crippen LogP contribution in [0.1, 0.15) is 46.6 Å². The van der Waals surface area contributed by atoms with E-state index in [2.05, 4.69) is 5.32 Å². The van der Waals surface area contributed by atoms with Crippen LogP contribution >= 0.6 is 11.6 Å². The van der Waals surface area contributed by atoms with Crippen molar-refractivity contribution < 1.29 is 28.3 Å². The Morgan fingerprint density at radius 1 is 1.11 bits per heavy atom. The van der Waals surface area contributed by atoms with E-state index in [1.807, 2.05) is 0 Å². The summed E-state index contributed by atoms with van der Waals surface area (Å²) in [7, 11) is 0. The zero-order valence-corrected chi connectivity index (χ0v) is 20.0. The standard InChI is InChI=1S/C25H28ClN3O6/c26-18-5-1-4-17(14-18)23(31)28-10-8-25(9-11-28)29(24(32)21-7-3-13-34-21)20(16-35-25)22(30)27-15-19-6-2-12-33-19/h1,3-5,7,13-14,19-20H,2,6,8-12,15-16H2,(H,27,30)/t19-,20+/m0/s1. The molecule has 3 amide bonds. The van der Waals surface area contributed by atoms with E-state index >= 15 is 0 Å². The average molecular weight is 502 g/mol. The molecule has 186 valence electrons. The van der Waals surface area contributed by atoms with Gasteiger partial charge < -0.3 is 24.1 Å². The van der Waals surface area contributed by atoms with Gasteiger partial charge in [-0.15, -0.1) is 0 Å². The Hall–Kier alpha value is -2.88. The Bertz CT molecular complexity index is 1080. The van der Waals surface area contributed by atoms with Crippen molar-refractivity contribution in [3.8, 4) is 0 Å². The van der Waals surface area contributed by atoms with Gasteiger partial charge in [0.25, 0.3) is 11.8 Å². The molecule has 0 unspecified atom stereocenters. The fourth-order valence-electron chi connectivity index (χ4n) is 5.09. The number of carbonyl (C=O) groups is 3. The first-order chi connectivity index (χ1) is 17.0. The first-order valence-corrected chi connectivity index (χ1v) is 12.3. The number of hydrogen-bond acceptors (Lipinski definition) is 6. The number of piperidine rings is 1. The lowest BCUT2D eigenvalue weighted by Gasteiger charge is -2.44. The fraction of sp³-hybridized carbons (Fsp3) is 0.480. The summed E-state index contributed by atoms with van der Waals surface area (Å²) in [4.78, 5) is 42.9. The molecule has 0 saturated carbocycles. The lowest BCUT2D eigenvalue weighted by atomic mass is 9.96. The molecule has 3 fully saturated rings. The van der Waals surface area contributed by atoms with Gasteiger partial charge in [-0.1, -0.05) is 17.7 Å². The first-order valence-electron chi connectivity index (χ1n) is 11.9. The van der Waals surface area contributed by atoms with Crippen LogP contribution in [0, 0.1) is 0 Å². The van der Waals surface area contributed by atoms with Gasteiger partial charge >= 0.3 is 0 Å². The van der Waals surface area contributed by atoms with Crippen LogP contribution in [0.25, 0.3) is 0 Å². The Labute approximate surface area is 208 Å². The van der Waals surface area contributed by atoms with Crippen LogP contribution in [0.4, 0.5) is 0 Å². The number of rotatable bonds is 5. The normalized spacial score (nSPS) is 23.6. The number of carbonyl (C=O) groups excluding carboxylic acids is 3. The molecule has 1 N–H and O–H groups in total. The van der Waals surface area contributed by atoms with Gasteiger partial charge in [-0.2, -0.15) is 0 Å². The molecular weight excluding hydrogens is 474 g/mol. The van der Waals surface area contributed by atoms with E-state index < -0.39 is 17.7 Å². The molecule has 3 aliphatic heterocycles. The van der Waals surface area contributed by atoms with Crippen molar-refractivity contribution >= 4 is 29.3 Å². The quantitative estimate of drug-likeness (QED) is 0.676. The van der Waals surface area contributed by atoms with Crippen molar-refractivity contribution in [2.45, 2.75) is 43.6 Å². The maximum atomic E-state index is 13.5. The van der Waals surface area contributed by atoms with E-state index in [9.17, 15) is 14.4 Å². The highest BCUT2D eigenvalue weighted by Gasteiger charge is 2.54. The Morgan fingerprint density at radius 2 is 1.94 bits per heavy atom. The van der Waals surface area contributed by atoms with Gasteiger partial charge in [-0.25, -0.2) is 0 Å². The maximum Gasteiger partial charge on any atom is 0.292 e. The molecule has 1 aromatic carbocycles. The summed E-state index contributed by atoms with van der Waals surface area (Å²) in [6.45, 7) is 1.91. The van der Waals surface area contributed by atoms with Crippen molar-refractivity contribution in [1.29, 1.82) is 0 Å². The zero-order valence-electron chi connectivity index (χ0n) is 19.3. The highest BCUT2D eigenvalue weighted by atomic mass is 35.5. The molecule has 10 heteroatoms. The predicted molar refractivity (Wildman–Crippen MR) is 126 cm³/mol. The fourth-order valence-corrected chi connectivity index (χ4v) is 5.28. The number of ether oxygens (including phenoxy) is 2. The third-order valence-electron chi connectivity index (χ3n) is 6.95. The monoisotopic (exact) mass is 501 g/mol.